The van der Waals surface area contributed by atoms with Gasteiger partial charge in [-0.1, -0.05) is 12.2 Å². The number of allylic oxidation sites excluding steroid dienone is 4. The minimum Gasteiger partial charge on any atom is -0.307 e. The molecule has 2 aliphatic rings. The highest BCUT2D eigenvalue weighted by Gasteiger charge is 2.24. The van der Waals surface area contributed by atoms with Gasteiger partial charge in [-0.3, -0.25) is 0 Å². The number of nitrogens with one attached hydrogen (secondary N) is 2. The van der Waals surface area contributed by atoms with Crippen molar-refractivity contribution in [2.24, 2.45) is 5.10 Å². The molecule has 0 heterocycles. The Hall–Kier alpha value is -1.38. The van der Waals surface area contributed by atoms with Gasteiger partial charge in [-0.25, -0.2) is 0 Å². The number of nitrogens with zero attached hydrogens (tertiary/aromatic N) is 1. The van der Waals surface area contributed by atoms with Gasteiger partial charge in [0.15, 0.2) is 0 Å². The van der Waals surface area contributed by atoms with Crippen LogP contribution in [0.2, 0.25) is 0 Å². The van der Waals surface area contributed by atoms with Gasteiger partial charge in [-0.15, -0.1) is 0 Å². The van der Waals surface area contributed by atoms with Gasteiger partial charge in [0, 0.05) is 11.6 Å². The third-order valence-electron chi connectivity index (χ3n) is 2.87. The Morgan fingerprint density at radius 3 is 2.75 bits per heavy atom. The SMILES string of the molecule is CC(C)N/N=C1\C(=N)CCC2=CCCC=C21. The Morgan fingerprint density at radius 1 is 1.25 bits per heavy atom. The average molecular weight is 217 g/mol. The number of hydrogen-bond acceptors (Lipinski definition) is 3. The van der Waals surface area contributed by atoms with Crippen LogP contribution in [0.5, 0.6) is 0 Å². The number of rotatable bonds is 2. The van der Waals surface area contributed by atoms with Crippen molar-refractivity contribution in [3.8, 4) is 0 Å². The molecule has 2 rings (SSSR count). The van der Waals surface area contributed by atoms with Crippen molar-refractivity contribution in [3.05, 3.63) is 23.3 Å². The number of hydrogen-bond donors (Lipinski definition) is 2. The van der Waals surface area contributed by atoms with Crippen molar-refractivity contribution < 1.29 is 0 Å². The summed E-state index contributed by atoms with van der Waals surface area (Å²) in [6.45, 7) is 4.12. The summed E-state index contributed by atoms with van der Waals surface area (Å²) in [5.74, 6) is 0. The second kappa shape index (κ2) is 4.64. The van der Waals surface area contributed by atoms with Gasteiger partial charge >= 0.3 is 0 Å². The molecule has 0 amide bonds. The normalized spacial score (nSPS) is 22.9. The lowest BCUT2D eigenvalue weighted by molar-refractivity contribution is 0.621. The first kappa shape index (κ1) is 11.1. The zero-order valence-corrected chi connectivity index (χ0v) is 10.0. The summed E-state index contributed by atoms with van der Waals surface area (Å²) in [6.07, 6.45) is 8.56. The highest BCUT2D eigenvalue weighted by molar-refractivity contribution is 6.49. The summed E-state index contributed by atoms with van der Waals surface area (Å²) < 4.78 is 0. The third kappa shape index (κ3) is 2.23. The monoisotopic (exact) mass is 217 g/mol. The van der Waals surface area contributed by atoms with Gasteiger partial charge in [0.2, 0.25) is 0 Å². The minimum atomic E-state index is 0.318. The summed E-state index contributed by atoms with van der Waals surface area (Å²) in [4.78, 5) is 0. The predicted molar refractivity (Wildman–Crippen MR) is 68.1 cm³/mol. The molecule has 0 spiro atoms. The van der Waals surface area contributed by atoms with Crippen LogP contribution < -0.4 is 5.43 Å². The summed E-state index contributed by atoms with van der Waals surface area (Å²) in [6, 6.07) is 0.318. The van der Waals surface area contributed by atoms with E-state index in [1.54, 1.807) is 0 Å². The first-order valence-electron chi connectivity index (χ1n) is 5.99. The van der Waals surface area contributed by atoms with Crippen LogP contribution in [0.3, 0.4) is 0 Å². The molecule has 0 aromatic rings. The molecule has 0 bridgehead atoms. The van der Waals surface area contributed by atoms with E-state index in [1.807, 2.05) is 0 Å². The van der Waals surface area contributed by atoms with Gasteiger partial charge in [-0.2, -0.15) is 5.10 Å². The molecule has 0 radical (unpaired) electrons. The van der Waals surface area contributed by atoms with Crippen molar-refractivity contribution in [3.63, 3.8) is 0 Å². The fourth-order valence-electron chi connectivity index (χ4n) is 2.07. The van der Waals surface area contributed by atoms with E-state index in [9.17, 15) is 0 Å². The Kier molecular flexibility index (Phi) is 3.22. The van der Waals surface area contributed by atoms with Crippen LogP contribution in [0.25, 0.3) is 0 Å². The molecule has 1 fully saturated rings. The maximum Gasteiger partial charge on any atom is 0.111 e. The summed E-state index contributed by atoms with van der Waals surface area (Å²) in [7, 11) is 0. The Balaban J connectivity index is 2.26. The zero-order chi connectivity index (χ0) is 11.5. The van der Waals surface area contributed by atoms with Crippen LogP contribution >= 0.6 is 0 Å². The lowest BCUT2D eigenvalue weighted by Crippen LogP contribution is -2.28. The van der Waals surface area contributed by atoms with E-state index in [-0.39, 0.29) is 0 Å². The van der Waals surface area contributed by atoms with Crippen molar-refractivity contribution in [1.82, 2.24) is 5.43 Å². The molecular weight excluding hydrogens is 198 g/mol. The van der Waals surface area contributed by atoms with E-state index >= 15 is 0 Å². The van der Waals surface area contributed by atoms with Crippen LogP contribution in [-0.2, 0) is 0 Å². The molecular formula is C13H19N3. The van der Waals surface area contributed by atoms with E-state index in [2.05, 4.69) is 36.5 Å². The summed E-state index contributed by atoms with van der Waals surface area (Å²) >= 11 is 0. The molecule has 0 aliphatic heterocycles. The lowest BCUT2D eigenvalue weighted by atomic mass is 9.83. The minimum absolute atomic E-state index is 0.318. The molecule has 2 N–H and O–H groups in total. The van der Waals surface area contributed by atoms with Crippen molar-refractivity contribution in [2.75, 3.05) is 0 Å². The molecule has 0 aromatic heterocycles. The molecule has 1 saturated carbocycles. The number of fused-ring (bicyclic) bond motifs is 1. The average Bonchev–Trinajstić information content (AvgIpc) is 2.27. The topological polar surface area (TPSA) is 48.2 Å². The molecule has 0 saturated heterocycles. The standard InChI is InChI=1S/C13H19N3/c1-9(2)15-16-13-11-6-4-3-5-10(11)7-8-12(13)14/h5-6,9,14-15H,3-4,7-8H2,1-2H3/b14-12?,16-13-. The summed E-state index contributed by atoms with van der Waals surface area (Å²) in [5, 5.41) is 12.4. The van der Waals surface area contributed by atoms with E-state index in [4.69, 9.17) is 5.41 Å². The van der Waals surface area contributed by atoms with Gasteiger partial charge in [0.1, 0.15) is 5.71 Å². The van der Waals surface area contributed by atoms with Gasteiger partial charge < -0.3 is 10.8 Å². The van der Waals surface area contributed by atoms with E-state index in [0.29, 0.717) is 11.8 Å². The highest BCUT2D eigenvalue weighted by Crippen LogP contribution is 2.29. The molecule has 2 aliphatic carbocycles. The second-order valence-electron chi connectivity index (χ2n) is 4.65. The smallest absolute Gasteiger partial charge is 0.111 e. The van der Waals surface area contributed by atoms with Crippen molar-refractivity contribution in [2.45, 2.75) is 45.6 Å². The molecule has 0 aromatic carbocycles. The second-order valence-corrected chi connectivity index (χ2v) is 4.65. The van der Waals surface area contributed by atoms with Gasteiger partial charge in [-0.05, 0) is 45.1 Å². The lowest BCUT2D eigenvalue weighted by Gasteiger charge is -2.24. The third-order valence-corrected chi connectivity index (χ3v) is 2.87. The number of hydrazone groups is 1. The van der Waals surface area contributed by atoms with E-state index < -0.39 is 0 Å². The predicted octanol–water partition coefficient (Wildman–Crippen LogP) is 2.80. The van der Waals surface area contributed by atoms with E-state index in [1.165, 1.54) is 11.1 Å². The zero-order valence-electron chi connectivity index (χ0n) is 10.0. The fraction of sp³-hybridized carbons (Fsp3) is 0.538. The maximum atomic E-state index is 7.97. The van der Waals surface area contributed by atoms with Crippen LogP contribution in [0.1, 0.15) is 39.5 Å². The molecule has 3 nitrogen and oxygen atoms in total. The molecule has 86 valence electrons. The molecule has 0 atom stereocenters. The fourth-order valence-corrected chi connectivity index (χ4v) is 2.07. The first-order chi connectivity index (χ1) is 7.68. The Labute approximate surface area is 96.8 Å². The van der Waals surface area contributed by atoms with E-state index in [0.717, 1.165) is 31.4 Å². The molecule has 0 unspecified atom stereocenters. The summed E-state index contributed by atoms with van der Waals surface area (Å²) in [5.41, 5.74) is 7.15. The van der Waals surface area contributed by atoms with Crippen LogP contribution in [0.15, 0.2) is 28.4 Å². The largest absolute Gasteiger partial charge is 0.307 e. The Bertz CT molecular complexity index is 386. The van der Waals surface area contributed by atoms with Crippen LogP contribution in [0, 0.1) is 5.41 Å². The quantitative estimate of drug-likeness (QED) is 0.686. The van der Waals surface area contributed by atoms with Crippen LogP contribution in [0.4, 0.5) is 0 Å². The van der Waals surface area contributed by atoms with Crippen molar-refractivity contribution in [1.29, 1.82) is 5.41 Å². The first-order valence-corrected chi connectivity index (χ1v) is 5.99. The Morgan fingerprint density at radius 2 is 2.00 bits per heavy atom. The molecule has 3 heteroatoms. The maximum absolute atomic E-state index is 7.97. The van der Waals surface area contributed by atoms with Gasteiger partial charge in [0.05, 0.1) is 5.71 Å². The van der Waals surface area contributed by atoms with Gasteiger partial charge in [0.25, 0.3) is 0 Å². The van der Waals surface area contributed by atoms with Crippen molar-refractivity contribution >= 4 is 11.4 Å². The highest BCUT2D eigenvalue weighted by atomic mass is 15.3. The molecule has 16 heavy (non-hydrogen) atoms. The van der Waals surface area contributed by atoms with Crippen LogP contribution in [-0.4, -0.2) is 17.5 Å².